The van der Waals surface area contributed by atoms with Crippen LogP contribution in [0, 0.1) is 11.3 Å². The second kappa shape index (κ2) is 5.80. The minimum absolute atomic E-state index is 0.00459. The Bertz CT molecular complexity index is 792. The van der Waals surface area contributed by atoms with Crippen LogP contribution in [0.4, 0.5) is 0 Å². The summed E-state index contributed by atoms with van der Waals surface area (Å²) in [6, 6.07) is 14.7. The maximum atomic E-state index is 12.5. The summed E-state index contributed by atoms with van der Waals surface area (Å²) in [5, 5.41) is 15.9. The van der Waals surface area contributed by atoms with Crippen molar-refractivity contribution in [3.05, 3.63) is 46.8 Å². The van der Waals surface area contributed by atoms with Crippen molar-refractivity contribution in [2.45, 2.75) is 37.4 Å². The summed E-state index contributed by atoms with van der Waals surface area (Å²) in [5.41, 5.74) is 1.53. The summed E-state index contributed by atoms with van der Waals surface area (Å²) >= 11 is 1.44. The first-order valence-electron chi connectivity index (χ1n) is 7.91. The van der Waals surface area contributed by atoms with Gasteiger partial charge in [0.25, 0.3) is 5.91 Å². The van der Waals surface area contributed by atoms with E-state index in [0.717, 1.165) is 23.3 Å². The molecule has 2 aromatic rings. The lowest BCUT2D eigenvalue weighted by Crippen LogP contribution is -2.42. The summed E-state index contributed by atoms with van der Waals surface area (Å²) in [5.74, 6) is -0.00459. The number of hydrogen-bond donors (Lipinski definition) is 2. The van der Waals surface area contributed by atoms with Crippen LogP contribution >= 0.6 is 11.3 Å². The van der Waals surface area contributed by atoms with E-state index in [4.69, 9.17) is 0 Å². The topological polar surface area (TPSA) is 64.9 Å². The molecule has 0 aliphatic carbocycles. The Hall–Kier alpha value is -2.16. The van der Waals surface area contributed by atoms with Crippen molar-refractivity contribution in [2.24, 2.45) is 0 Å². The zero-order chi connectivity index (χ0) is 15.8. The van der Waals surface area contributed by atoms with E-state index in [2.05, 4.69) is 16.7 Å². The molecule has 1 amide bonds. The highest BCUT2D eigenvalue weighted by atomic mass is 32.1. The minimum Gasteiger partial charge on any atom is -0.347 e. The molecule has 2 aliphatic heterocycles. The van der Waals surface area contributed by atoms with Crippen LogP contribution in [-0.4, -0.2) is 24.0 Å². The Morgan fingerprint density at radius 3 is 2.87 bits per heavy atom. The SMILES string of the molecule is N#Cc1ccccc1-c1ccc(C(=O)NC2CC3CCC2N3)s1. The number of fused-ring (bicyclic) bond motifs is 2. The molecule has 2 bridgehead atoms. The third-order valence-electron chi connectivity index (χ3n) is 4.76. The number of hydrogen-bond acceptors (Lipinski definition) is 4. The first-order chi connectivity index (χ1) is 11.2. The van der Waals surface area contributed by atoms with Gasteiger partial charge in [-0.3, -0.25) is 4.79 Å². The number of benzene rings is 1. The number of carbonyl (C=O) groups is 1. The molecule has 4 nitrogen and oxygen atoms in total. The van der Waals surface area contributed by atoms with Crippen molar-refractivity contribution >= 4 is 17.2 Å². The van der Waals surface area contributed by atoms with Gasteiger partial charge in [0.1, 0.15) is 0 Å². The van der Waals surface area contributed by atoms with Gasteiger partial charge in [0.15, 0.2) is 0 Å². The van der Waals surface area contributed by atoms with Gasteiger partial charge in [0.2, 0.25) is 0 Å². The molecule has 2 fully saturated rings. The van der Waals surface area contributed by atoms with Gasteiger partial charge in [-0.1, -0.05) is 18.2 Å². The molecular weight excluding hydrogens is 306 g/mol. The van der Waals surface area contributed by atoms with Gasteiger partial charge in [-0.2, -0.15) is 5.26 Å². The Balaban J connectivity index is 1.51. The van der Waals surface area contributed by atoms with E-state index in [-0.39, 0.29) is 11.9 Å². The van der Waals surface area contributed by atoms with E-state index in [1.54, 1.807) is 6.07 Å². The van der Waals surface area contributed by atoms with Crippen molar-refractivity contribution < 1.29 is 4.79 Å². The lowest BCUT2D eigenvalue weighted by atomic mass is 9.95. The highest BCUT2D eigenvalue weighted by molar-refractivity contribution is 7.17. The third-order valence-corrected chi connectivity index (χ3v) is 5.88. The number of thiophene rings is 1. The predicted molar refractivity (Wildman–Crippen MR) is 90.3 cm³/mol. The number of nitriles is 1. The molecule has 5 heteroatoms. The zero-order valence-corrected chi connectivity index (χ0v) is 13.4. The van der Waals surface area contributed by atoms with Gasteiger partial charge >= 0.3 is 0 Å². The van der Waals surface area contributed by atoms with Crippen molar-refractivity contribution in [2.75, 3.05) is 0 Å². The summed E-state index contributed by atoms with van der Waals surface area (Å²) in [4.78, 5) is 14.1. The van der Waals surface area contributed by atoms with Crippen molar-refractivity contribution in [1.82, 2.24) is 10.6 Å². The molecule has 2 N–H and O–H groups in total. The lowest BCUT2D eigenvalue weighted by Gasteiger charge is -2.20. The van der Waals surface area contributed by atoms with Crippen molar-refractivity contribution in [1.29, 1.82) is 5.26 Å². The monoisotopic (exact) mass is 323 g/mol. The summed E-state index contributed by atoms with van der Waals surface area (Å²) in [6.07, 6.45) is 3.41. The number of nitrogens with zero attached hydrogens (tertiary/aromatic N) is 1. The van der Waals surface area contributed by atoms with Crippen LogP contribution in [0.15, 0.2) is 36.4 Å². The summed E-state index contributed by atoms with van der Waals surface area (Å²) in [7, 11) is 0. The minimum atomic E-state index is -0.00459. The normalized spacial score (nSPS) is 25.3. The summed E-state index contributed by atoms with van der Waals surface area (Å²) in [6.45, 7) is 0. The first-order valence-corrected chi connectivity index (χ1v) is 8.72. The van der Waals surface area contributed by atoms with Crippen LogP contribution in [0.1, 0.15) is 34.5 Å². The number of amides is 1. The molecule has 3 unspecified atom stereocenters. The van der Waals surface area contributed by atoms with Crippen LogP contribution in [-0.2, 0) is 0 Å². The quantitative estimate of drug-likeness (QED) is 0.913. The first kappa shape index (κ1) is 14.4. The van der Waals surface area contributed by atoms with E-state index in [1.807, 2.05) is 30.3 Å². The smallest absolute Gasteiger partial charge is 0.261 e. The molecule has 3 heterocycles. The second-order valence-electron chi connectivity index (χ2n) is 6.18. The largest absolute Gasteiger partial charge is 0.347 e. The van der Waals surface area contributed by atoms with E-state index >= 15 is 0 Å². The molecule has 3 atom stereocenters. The van der Waals surface area contributed by atoms with E-state index < -0.39 is 0 Å². The Labute approximate surface area is 139 Å². The molecule has 2 aliphatic rings. The Kier molecular flexibility index (Phi) is 3.64. The van der Waals surface area contributed by atoms with E-state index in [9.17, 15) is 10.1 Å². The zero-order valence-electron chi connectivity index (χ0n) is 12.6. The van der Waals surface area contributed by atoms with Gasteiger partial charge in [0, 0.05) is 28.6 Å². The molecule has 0 saturated carbocycles. The standard InChI is InChI=1S/C18H17N3OS/c19-10-11-3-1-2-4-13(11)16-7-8-17(23-16)18(22)21-15-9-12-5-6-14(15)20-12/h1-4,7-8,12,14-15,20H,5-6,9H2,(H,21,22). The molecule has 1 aromatic heterocycles. The van der Waals surface area contributed by atoms with Gasteiger partial charge in [-0.15, -0.1) is 11.3 Å². The number of rotatable bonds is 3. The molecule has 4 rings (SSSR count). The van der Waals surface area contributed by atoms with Crippen LogP contribution in [0.3, 0.4) is 0 Å². The van der Waals surface area contributed by atoms with Gasteiger partial charge in [-0.05, 0) is 37.5 Å². The van der Waals surface area contributed by atoms with Crippen LogP contribution in [0.25, 0.3) is 10.4 Å². The predicted octanol–water partition coefficient (Wildman–Crippen LogP) is 2.91. The van der Waals surface area contributed by atoms with Crippen LogP contribution in [0.5, 0.6) is 0 Å². The van der Waals surface area contributed by atoms with Crippen molar-refractivity contribution in [3.8, 4) is 16.5 Å². The second-order valence-corrected chi connectivity index (χ2v) is 7.27. The fraction of sp³-hybridized carbons (Fsp3) is 0.333. The third kappa shape index (κ3) is 2.65. The average molecular weight is 323 g/mol. The van der Waals surface area contributed by atoms with Crippen LogP contribution < -0.4 is 10.6 Å². The fourth-order valence-electron chi connectivity index (χ4n) is 3.62. The molecule has 2 saturated heterocycles. The Morgan fingerprint density at radius 2 is 2.13 bits per heavy atom. The van der Waals surface area contributed by atoms with Crippen molar-refractivity contribution in [3.63, 3.8) is 0 Å². The molecule has 0 radical (unpaired) electrons. The fourth-order valence-corrected chi connectivity index (χ4v) is 4.57. The molecular formula is C18H17N3OS. The van der Waals surface area contributed by atoms with Gasteiger partial charge in [-0.25, -0.2) is 0 Å². The number of carbonyl (C=O) groups excluding carboxylic acids is 1. The molecule has 116 valence electrons. The lowest BCUT2D eigenvalue weighted by molar-refractivity contribution is 0.0935. The molecule has 1 aromatic carbocycles. The maximum absolute atomic E-state index is 12.5. The Morgan fingerprint density at radius 1 is 1.26 bits per heavy atom. The van der Waals surface area contributed by atoms with Gasteiger partial charge in [0.05, 0.1) is 16.5 Å². The highest BCUT2D eigenvalue weighted by Crippen LogP contribution is 2.32. The van der Waals surface area contributed by atoms with Gasteiger partial charge < -0.3 is 10.6 Å². The van der Waals surface area contributed by atoms with Crippen LogP contribution in [0.2, 0.25) is 0 Å². The maximum Gasteiger partial charge on any atom is 0.261 e. The highest BCUT2D eigenvalue weighted by Gasteiger charge is 2.39. The molecule has 23 heavy (non-hydrogen) atoms. The molecule has 0 spiro atoms. The van der Waals surface area contributed by atoms with E-state index in [1.165, 1.54) is 17.8 Å². The summed E-state index contributed by atoms with van der Waals surface area (Å²) < 4.78 is 0. The van der Waals surface area contributed by atoms with E-state index in [0.29, 0.717) is 22.5 Å². The average Bonchev–Trinajstić information content (AvgIpc) is 3.31. The number of nitrogens with one attached hydrogen (secondary N) is 2.